The predicted molar refractivity (Wildman–Crippen MR) is 82.9 cm³/mol. The summed E-state index contributed by atoms with van der Waals surface area (Å²) in [6.07, 6.45) is 0. The summed E-state index contributed by atoms with van der Waals surface area (Å²) < 4.78 is 0. The summed E-state index contributed by atoms with van der Waals surface area (Å²) >= 11 is 0. The van der Waals surface area contributed by atoms with Gasteiger partial charge in [-0.3, -0.25) is 0 Å². The Labute approximate surface area is 112 Å². The molecular formula is C18H15N. The molecule has 0 amide bonds. The van der Waals surface area contributed by atoms with E-state index in [0.29, 0.717) is 0 Å². The number of nitrogens with one attached hydrogen (secondary N) is 1. The van der Waals surface area contributed by atoms with Crippen molar-refractivity contribution >= 4 is 32.3 Å². The highest BCUT2D eigenvalue weighted by Gasteiger charge is 2.08. The monoisotopic (exact) mass is 245 g/mol. The zero-order valence-electron chi connectivity index (χ0n) is 10.9. The van der Waals surface area contributed by atoms with E-state index in [0.717, 1.165) is 6.54 Å². The van der Waals surface area contributed by atoms with Crippen molar-refractivity contribution in [3.05, 3.63) is 60.2 Å². The Morgan fingerprint density at radius 2 is 1.26 bits per heavy atom. The molecule has 19 heavy (non-hydrogen) atoms. The maximum atomic E-state index is 3.23. The minimum absolute atomic E-state index is 0.913. The minimum Gasteiger partial charge on any atom is -0.316 e. The third-order valence-corrected chi connectivity index (χ3v) is 3.90. The third kappa shape index (κ3) is 1.52. The second kappa shape index (κ2) is 3.94. The molecule has 0 saturated heterocycles. The van der Waals surface area contributed by atoms with E-state index in [4.69, 9.17) is 0 Å². The molecule has 1 N–H and O–H groups in total. The molecule has 0 aromatic heterocycles. The van der Waals surface area contributed by atoms with Gasteiger partial charge < -0.3 is 5.32 Å². The predicted octanol–water partition coefficient (Wildman–Crippen LogP) is 4.30. The minimum atomic E-state index is 0.913. The fourth-order valence-corrected chi connectivity index (χ4v) is 3.12. The van der Waals surface area contributed by atoms with Crippen molar-refractivity contribution in [3.8, 4) is 0 Å². The first-order valence-corrected chi connectivity index (χ1v) is 6.68. The number of benzene rings is 4. The molecule has 0 saturated carbocycles. The van der Waals surface area contributed by atoms with Gasteiger partial charge in [-0.15, -0.1) is 0 Å². The molecule has 4 aromatic carbocycles. The average Bonchev–Trinajstić information content (AvgIpc) is 2.45. The lowest BCUT2D eigenvalue weighted by Gasteiger charge is -2.12. The van der Waals surface area contributed by atoms with Gasteiger partial charge in [-0.05, 0) is 57.1 Å². The van der Waals surface area contributed by atoms with Crippen molar-refractivity contribution in [1.29, 1.82) is 0 Å². The largest absolute Gasteiger partial charge is 0.316 e. The van der Waals surface area contributed by atoms with E-state index in [1.165, 1.54) is 37.9 Å². The lowest BCUT2D eigenvalue weighted by Crippen LogP contribution is -2.04. The third-order valence-electron chi connectivity index (χ3n) is 3.90. The van der Waals surface area contributed by atoms with Gasteiger partial charge in [0.15, 0.2) is 0 Å². The molecule has 0 bridgehead atoms. The van der Waals surface area contributed by atoms with E-state index < -0.39 is 0 Å². The van der Waals surface area contributed by atoms with Crippen molar-refractivity contribution in [2.24, 2.45) is 0 Å². The first-order chi connectivity index (χ1) is 9.36. The van der Waals surface area contributed by atoms with Crippen LogP contribution >= 0.6 is 0 Å². The maximum absolute atomic E-state index is 3.23. The van der Waals surface area contributed by atoms with Gasteiger partial charge >= 0.3 is 0 Å². The highest BCUT2D eigenvalue weighted by atomic mass is 14.8. The molecule has 0 aliphatic heterocycles. The molecular weight excluding hydrogens is 230 g/mol. The van der Waals surface area contributed by atoms with Crippen LogP contribution in [0.5, 0.6) is 0 Å². The van der Waals surface area contributed by atoms with Crippen LogP contribution in [-0.4, -0.2) is 7.05 Å². The Bertz CT molecular complexity index is 813. The zero-order chi connectivity index (χ0) is 12.8. The summed E-state index contributed by atoms with van der Waals surface area (Å²) in [7, 11) is 1.99. The van der Waals surface area contributed by atoms with Gasteiger partial charge in [0.05, 0.1) is 0 Å². The second-order valence-electron chi connectivity index (χ2n) is 5.16. The number of rotatable bonds is 2. The van der Waals surface area contributed by atoms with Gasteiger partial charge in [-0.2, -0.15) is 0 Å². The van der Waals surface area contributed by atoms with Gasteiger partial charge in [0.25, 0.3) is 0 Å². The van der Waals surface area contributed by atoms with Gasteiger partial charge in [-0.1, -0.05) is 42.5 Å². The van der Waals surface area contributed by atoms with Crippen molar-refractivity contribution in [1.82, 2.24) is 5.32 Å². The normalized spacial score (nSPS) is 11.8. The Hall–Kier alpha value is -2.12. The van der Waals surface area contributed by atoms with Crippen LogP contribution in [0.3, 0.4) is 0 Å². The second-order valence-corrected chi connectivity index (χ2v) is 5.16. The average molecular weight is 245 g/mol. The summed E-state index contributed by atoms with van der Waals surface area (Å²) in [4.78, 5) is 0. The molecule has 1 heteroatoms. The van der Waals surface area contributed by atoms with E-state index in [9.17, 15) is 0 Å². The Morgan fingerprint density at radius 3 is 1.84 bits per heavy atom. The lowest BCUT2D eigenvalue weighted by atomic mass is 9.93. The topological polar surface area (TPSA) is 12.0 Å². The molecule has 4 rings (SSSR count). The SMILES string of the molecule is CNCc1cc2ccc3cccc4ccc(c1)c2c34. The Balaban J connectivity index is 2.22. The van der Waals surface area contributed by atoms with Crippen molar-refractivity contribution in [3.63, 3.8) is 0 Å². The van der Waals surface area contributed by atoms with E-state index >= 15 is 0 Å². The van der Waals surface area contributed by atoms with Crippen LogP contribution in [0, 0.1) is 0 Å². The first-order valence-electron chi connectivity index (χ1n) is 6.68. The molecule has 0 radical (unpaired) electrons. The van der Waals surface area contributed by atoms with Crippen LogP contribution in [0.25, 0.3) is 32.3 Å². The molecule has 0 fully saturated rings. The van der Waals surface area contributed by atoms with Crippen molar-refractivity contribution in [2.45, 2.75) is 6.54 Å². The van der Waals surface area contributed by atoms with E-state index in [-0.39, 0.29) is 0 Å². The van der Waals surface area contributed by atoms with Crippen LogP contribution in [0.15, 0.2) is 54.6 Å². The molecule has 4 aromatic rings. The Morgan fingerprint density at radius 1 is 0.737 bits per heavy atom. The van der Waals surface area contributed by atoms with Gasteiger partial charge in [-0.25, -0.2) is 0 Å². The number of hydrogen-bond donors (Lipinski definition) is 1. The highest BCUT2D eigenvalue weighted by Crippen LogP contribution is 2.34. The van der Waals surface area contributed by atoms with Crippen molar-refractivity contribution in [2.75, 3.05) is 7.05 Å². The quantitative estimate of drug-likeness (QED) is 0.519. The fraction of sp³-hybridized carbons (Fsp3) is 0.111. The molecule has 0 heterocycles. The first kappa shape index (κ1) is 10.8. The lowest BCUT2D eigenvalue weighted by molar-refractivity contribution is 0.820. The van der Waals surface area contributed by atoms with Gasteiger partial charge in [0, 0.05) is 6.54 Å². The molecule has 0 spiro atoms. The van der Waals surface area contributed by atoms with Crippen LogP contribution in [0.1, 0.15) is 5.56 Å². The van der Waals surface area contributed by atoms with Crippen LogP contribution in [-0.2, 0) is 6.54 Å². The van der Waals surface area contributed by atoms with Crippen LogP contribution in [0.4, 0.5) is 0 Å². The summed E-state index contributed by atoms with van der Waals surface area (Å²) in [5.41, 5.74) is 1.34. The van der Waals surface area contributed by atoms with E-state index in [1.807, 2.05) is 7.05 Å². The maximum Gasteiger partial charge on any atom is 0.0202 e. The molecule has 0 atom stereocenters. The summed E-state index contributed by atoms with van der Waals surface area (Å²) in [6, 6.07) is 20.1. The Kier molecular flexibility index (Phi) is 2.23. The highest BCUT2D eigenvalue weighted by molar-refractivity contribution is 6.23. The fourth-order valence-electron chi connectivity index (χ4n) is 3.12. The van der Waals surface area contributed by atoms with Crippen LogP contribution < -0.4 is 5.32 Å². The molecule has 0 aliphatic carbocycles. The zero-order valence-corrected chi connectivity index (χ0v) is 10.9. The van der Waals surface area contributed by atoms with Gasteiger partial charge in [0.2, 0.25) is 0 Å². The molecule has 1 nitrogen and oxygen atoms in total. The standard InChI is InChI=1S/C18H15N/c1-19-11-12-9-15-7-5-13-3-2-4-14-6-8-16(10-12)18(15)17(13)14/h2-10,19H,11H2,1H3. The smallest absolute Gasteiger partial charge is 0.0202 e. The van der Waals surface area contributed by atoms with Crippen LogP contribution in [0.2, 0.25) is 0 Å². The van der Waals surface area contributed by atoms with Gasteiger partial charge in [0.1, 0.15) is 0 Å². The number of hydrogen-bond acceptors (Lipinski definition) is 1. The summed E-state index contributed by atoms with van der Waals surface area (Å²) in [6.45, 7) is 0.913. The molecule has 0 unspecified atom stereocenters. The molecule has 0 aliphatic rings. The van der Waals surface area contributed by atoms with E-state index in [2.05, 4.69) is 59.9 Å². The van der Waals surface area contributed by atoms with E-state index in [1.54, 1.807) is 0 Å². The summed E-state index contributed by atoms with van der Waals surface area (Å²) in [5, 5.41) is 11.4. The molecule has 92 valence electrons. The summed E-state index contributed by atoms with van der Waals surface area (Å²) in [5.74, 6) is 0. The van der Waals surface area contributed by atoms with Crippen molar-refractivity contribution < 1.29 is 0 Å².